The number of carbonyl (C=O) groups excluding carboxylic acids is 2. The first-order valence-electron chi connectivity index (χ1n) is 7.28. The lowest BCUT2D eigenvalue weighted by Crippen LogP contribution is -2.21. The number of nitrogens with zero attached hydrogens (tertiary/aromatic N) is 1. The average molecular weight is 338 g/mol. The van der Waals surface area contributed by atoms with E-state index in [-0.39, 0.29) is 16.9 Å². The van der Waals surface area contributed by atoms with Crippen LogP contribution in [0.25, 0.3) is 11.0 Å². The third-order valence-corrected chi connectivity index (χ3v) is 3.50. The molecule has 0 aliphatic heterocycles. The molecule has 0 bridgehead atoms. The Balaban J connectivity index is 2.22. The van der Waals surface area contributed by atoms with Crippen molar-refractivity contribution >= 4 is 28.5 Å². The van der Waals surface area contributed by atoms with Gasteiger partial charge in [0.25, 0.3) is 5.91 Å². The van der Waals surface area contributed by atoms with Gasteiger partial charge in [-0.05, 0) is 36.4 Å². The molecule has 3 N–H and O–H groups in total. The van der Waals surface area contributed by atoms with Crippen molar-refractivity contribution in [2.75, 3.05) is 7.11 Å². The Bertz CT molecular complexity index is 1050. The topological polar surface area (TPSA) is 115 Å². The molecular formula is C18H14N2O5. The van der Waals surface area contributed by atoms with Crippen molar-refractivity contribution in [2.45, 2.75) is 0 Å². The number of hydrogen-bond acceptors (Lipinski definition) is 6. The number of rotatable bonds is 3. The third kappa shape index (κ3) is 3.35. The number of ether oxygens (including phenoxy) is 1. The highest BCUT2D eigenvalue weighted by molar-refractivity contribution is 5.95. The quantitative estimate of drug-likeness (QED) is 0.711. The van der Waals surface area contributed by atoms with Gasteiger partial charge in [-0.2, -0.15) is 0 Å². The number of benzene rings is 2. The fraction of sp³-hybridized carbons (Fsp3) is 0.0556. The van der Waals surface area contributed by atoms with Gasteiger partial charge in [-0.1, -0.05) is 6.07 Å². The first-order valence-corrected chi connectivity index (χ1v) is 7.28. The summed E-state index contributed by atoms with van der Waals surface area (Å²) in [6.07, 6.45) is 0. The second kappa shape index (κ2) is 6.48. The van der Waals surface area contributed by atoms with Crippen LogP contribution in [0.3, 0.4) is 0 Å². The van der Waals surface area contributed by atoms with Crippen LogP contribution in [0.2, 0.25) is 0 Å². The molecule has 0 aliphatic rings. The molecule has 3 rings (SSSR count). The van der Waals surface area contributed by atoms with Crippen LogP contribution in [0.1, 0.15) is 20.7 Å². The summed E-state index contributed by atoms with van der Waals surface area (Å²) in [6, 6.07) is 12.4. The van der Waals surface area contributed by atoms with Crippen molar-refractivity contribution in [2.24, 2.45) is 10.7 Å². The number of hydrogen-bond donors (Lipinski definition) is 2. The standard InChI is InChI=1S/C18H14N2O5/c1-24-18(23)11-3-2-4-12(7-11)20-17-14(16(19)22)8-10-5-6-13(21)9-15(10)25-17/h2-9,21H,1H3,(H2,19,22). The number of phenolic OH excluding ortho intramolecular Hbond substituents is 1. The van der Waals surface area contributed by atoms with Crippen LogP contribution < -0.4 is 11.3 Å². The molecular weight excluding hydrogens is 324 g/mol. The number of primary amides is 1. The van der Waals surface area contributed by atoms with Gasteiger partial charge < -0.3 is 20.0 Å². The van der Waals surface area contributed by atoms with Gasteiger partial charge in [-0.15, -0.1) is 0 Å². The molecule has 1 heterocycles. The molecule has 0 unspecified atom stereocenters. The van der Waals surface area contributed by atoms with Crippen molar-refractivity contribution in [3.05, 3.63) is 65.2 Å². The molecule has 0 fully saturated rings. The maximum Gasteiger partial charge on any atom is 0.337 e. The van der Waals surface area contributed by atoms with Gasteiger partial charge in [0, 0.05) is 11.5 Å². The summed E-state index contributed by atoms with van der Waals surface area (Å²) in [4.78, 5) is 27.6. The average Bonchev–Trinajstić information content (AvgIpc) is 2.60. The minimum atomic E-state index is -0.707. The lowest BCUT2D eigenvalue weighted by molar-refractivity contribution is 0.0600. The summed E-state index contributed by atoms with van der Waals surface area (Å²) < 4.78 is 10.3. The second-order valence-corrected chi connectivity index (χ2v) is 5.21. The van der Waals surface area contributed by atoms with Crippen LogP contribution in [0.15, 0.2) is 57.9 Å². The van der Waals surface area contributed by atoms with E-state index in [0.29, 0.717) is 22.2 Å². The van der Waals surface area contributed by atoms with Gasteiger partial charge in [0.05, 0.1) is 18.4 Å². The predicted molar refractivity (Wildman–Crippen MR) is 89.4 cm³/mol. The van der Waals surface area contributed by atoms with Crippen molar-refractivity contribution in [3.63, 3.8) is 0 Å². The SMILES string of the molecule is COC(=O)c1cccc(N=c2oc3cc(O)ccc3cc2C(N)=O)c1. The summed E-state index contributed by atoms with van der Waals surface area (Å²) in [5.41, 5.74) is 6.50. The van der Waals surface area contributed by atoms with E-state index < -0.39 is 11.9 Å². The van der Waals surface area contributed by atoms with Crippen LogP contribution in [-0.4, -0.2) is 24.1 Å². The van der Waals surface area contributed by atoms with Gasteiger partial charge >= 0.3 is 5.97 Å². The van der Waals surface area contributed by atoms with E-state index >= 15 is 0 Å². The molecule has 25 heavy (non-hydrogen) atoms. The molecule has 7 heteroatoms. The lowest BCUT2D eigenvalue weighted by atomic mass is 10.1. The zero-order valence-corrected chi connectivity index (χ0v) is 13.2. The van der Waals surface area contributed by atoms with Crippen molar-refractivity contribution in [3.8, 4) is 5.75 Å². The zero-order valence-electron chi connectivity index (χ0n) is 13.2. The van der Waals surface area contributed by atoms with E-state index in [0.717, 1.165) is 0 Å². The summed E-state index contributed by atoms with van der Waals surface area (Å²) in [6.45, 7) is 0. The maximum atomic E-state index is 11.7. The monoisotopic (exact) mass is 338 g/mol. The zero-order chi connectivity index (χ0) is 18.0. The van der Waals surface area contributed by atoms with Crippen LogP contribution in [0, 0.1) is 0 Å². The number of methoxy groups -OCH3 is 1. The summed E-state index contributed by atoms with van der Waals surface area (Å²) in [5, 5.41) is 10.2. The van der Waals surface area contributed by atoms with Crippen LogP contribution in [0.5, 0.6) is 5.75 Å². The number of phenols is 1. The Morgan fingerprint density at radius 2 is 1.96 bits per heavy atom. The smallest absolute Gasteiger partial charge is 0.337 e. The van der Waals surface area contributed by atoms with Crippen molar-refractivity contribution in [1.82, 2.24) is 0 Å². The van der Waals surface area contributed by atoms with E-state index in [9.17, 15) is 14.7 Å². The normalized spacial score (nSPS) is 11.5. The molecule has 0 saturated carbocycles. The molecule has 0 spiro atoms. The van der Waals surface area contributed by atoms with Gasteiger partial charge in [-0.3, -0.25) is 4.79 Å². The molecule has 2 aromatic carbocycles. The first-order chi connectivity index (χ1) is 12.0. The number of carbonyl (C=O) groups is 2. The van der Waals surface area contributed by atoms with E-state index in [1.54, 1.807) is 24.3 Å². The maximum absolute atomic E-state index is 11.7. The van der Waals surface area contributed by atoms with Gasteiger partial charge in [0.15, 0.2) is 0 Å². The van der Waals surface area contributed by atoms with E-state index in [1.165, 1.54) is 31.4 Å². The minimum absolute atomic E-state index is 0.0155. The highest BCUT2D eigenvalue weighted by Crippen LogP contribution is 2.20. The van der Waals surface area contributed by atoms with Gasteiger partial charge in [-0.25, -0.2) is 9.79 Å². The molecule has 0 saturated heterocycles. The summed E-state index contributed by atoms with van der Waals surface area (Å²) in [5.74, 6) is -1.20. The molecule has 1 amide bonds. The number of aromatic hydroxyl groups is 1. The highest BCUT2D eigenvalue weighted by atomic mass is 16.5. The Morgan fingerprint density at radius 3 is 2.68 bits per heavy atom. The first kappa shape index (κ1) is 16.3. The molecule has 0 atom stereocenters. The van der Waals surface area contributed by atoms with Gasteiger partial charge in [0.1, 0.15) is 16.9 Å². The molecule has 3 aromatic rings. The van der Waals surface area contributed by atoms with E-state index in [1.807, 2.05) is 0 Å². The van der Waals surface area contributed by atoms with E-state index in [2.05, 4.69) is 9.73 Å². The molecule has 0 radical (unpaired) electrons. The number of nitrogens with two attached hydrogens (primary N) is 1. The fourth-order valence-electron chi connectivity index (χ4n) is 2.30. The molecule has 126 valence electrons. The van der Waals surface area contributed by atoms with Crippen molar-refractivity contribution < 1.29 is 23.8 Å². The fourth-order valence-corrected chi connectivity index (χ4v) is 2.30. The minimum Gasteiger partial charge on any atom is -0.508 e. The summed E-state index contributed by atoms with van der Waals surface area (Å²) in [7, 11) is 1.28. The summed E-state index contributed by atoms with van der Waals surface area (Å²) >= 11 is 0. The van der Waals surface area contributed by atoms with E-state index in [4.69, 9.17) is 10.2 Å². The Morgan fingerprint density at radius 1 is 1.16 bits per heavy atom. The third-order valence-electron chi connectivity index (χ3n) is 3.50. The Labute approximate surface area is 142 Å². The number of esters is 1. The van der Waals surface area contributed by atoms with Crippen LogP contribution in [-0.2, 0) is 4.74 Å². The van der Waals surface area contributed by atoms with Gasteiger partial charge in [0.2, 0.25) is 5.55 Å². The molecule has 0 aliphatic carbocycles. The van der Waals surface area contributed by atoms with Crippen LogP contribution in [0.4, 0.5) is 5.69 Å². The lowest BCUT2D eigenvalue weighted by Gasteiger charge is -2.03. The van der Waals surface area contributed by atoms with Crippen molar-refractivity contribution in [1.29, 1.82) is 0 Å². The molecule has 7 nitrogen and oxygen atoms in total. The molecule has 1 aromatic heterocycles. The predicted octanol–water partition coefficient (Wildman–Crippen LogP) is 2.26. The second-order valence-electron chi connectivity index (χ2n) is 5.21. The number of amides is 1. The number of fused-ring (bicyclic) bond motifs is 1. The Hall–Kier alpha value is -3.61. The largest absolute Gasteiger partial charge is 0.508 e. The Kier molecular flexibility index (Phi) is 4.21. The highest BCUT2D eigenvalue weighted by Gasteiger charge is 2.11. The van der Waals surface area contributed by atoms with Crippen LogP contribution >= 0.6 is 0 Å².